The van der Waals surface area contributed by atoms with Crippen molar-refractivity contribution in [2.45, 2.75) is 13.0 Å². The zero-order valence-corrected chi connectivity index (χ0v) is 13.5. The number of carbonyl (C=O) groups is 2. The number of hydrogen-bond donors (Lipinski definition) is 3. The van der Waals surface area contributed by atoms with Crippen molar-refractivity contribution in [3.8, 4) is 5.75 Å². The fourth-order valence-electron chi connectivity index (χ4n) is 2.74. The van der Waals surface area contributed by atoms with E-state index in [2.05, 4.69) is 20.6 Å². The van der Waals surface area contributed by atoms with Gasteiger partial charge in [0.2, 0.25) is 0 Å². The zero-order valence-electron chi connectivity index (χ0n) is 13.5. The third kappa shape index (κ3) is 2.91. The minimum absolute atomic E-state index is 0.0482. The molecule has 3 N–H and O–H groups in total. The van der Waals surface area contributed by atoms with Gasteiger partial charge in [-0.05, 0) is 37.3 Å². The molecule has 2 aromatic carbocycles. The molecule has 0 aliphatic carbocycles. The molecule has 1 unspecified atom stereocenters. The van der Waals surface area contributed by atoms with Gasteiger partial charge in [-0.3, -0.25) is 9.59 Å². The van der Waals surface area contributed by atoms with Crippen LogP contribution < -0.4 is 15.4 Å². The van der Waals surface area contributed by atoms with E-state index in [1.807, 2.05) is 31.2 Å². The predicted molar refractivity (Wildman–Crippen MR) is 92.5 cm³/mol. The molecule has 126 valence electrons. The summed E-state index contributed by atoms with van der Waals surface area (Å²) in [5, 5.41) is 5.61. The molecule has 0 saturated heterocycles. The number of H-pyrrole nitrogens is 1. The quantitative estimate of drug-likeness (QED) is 0.684. The molecule has 2 heterocycles. The van der Waals surface area contributed by atoms with Gasteiger partial charge in [-0.15, -0.1) is 0 Å². The van der Waals surface area contributed by atoms with Crippen LogP contribution in [0.5, 0.6) is 5.75 Å². The smallest absolute Gasteiger partial charge is 0.262 e. The average molecular weight is 336 g/mol. The zero-order chi connectivity index (χ0) is 17.4. The lowest BCUT2D eigenvalue weighted by atomic mass is 10.1. The third-order valence-electron chi connectivity index (χ3n) is 4.04. The molecular weight excluding hydrogens is 320 g/mol. The summed E-state index contributed by atoms with van der Waals surface area (Å²) >= 11 is 0. The summed E-state index contributed by atoms with van der Waals surface area (Å²) in [6, 6.07) is 12.4. The van der Waals surface area contributed by atoms with E-state index in [1.54, 1.807) is 18.2 Å². The van der Waals surface area contributed by atoms with Crippen LogP contribution in [0.1, 0.15) is 29.1 Å². The molecule has 2 amide bonds. The summed E-state index contributed by atoms with van der Waals surface area (Å²) in [4.78, 5) is 31.5. The fraction of sp³-hybridized carbons (Fsp3) is 0.167. The van der Waals surface area contributed by atoms with E-state index in [1.165, 1.54) is 0 Å². The number of aromatic nitrogens is 2. The number of carbonyl (C=O) groups excluding carboxylic acids is 2. The van der Waals surface area contributed by atoms with E-state index in [9.17, 15) is 9.59 Å². The monoisotopic (exact) mass is 336 g/mol. The highest BCUT2D eigenvalue weighted by molar-refractivity contribution is 5.99. The van der Waals surface area contributed by atoms with Gasteiger partial charge in [0.1, 0.15) is 11.6 Å². The molecule has 1 aliphatic rings. The number of imidazole rings is 1. The lowest BCUT2D eigenvalue weighted by molar-refractivity contribution is -0.118. The molecule has 0 spiro atoms. The van der Waals surface area contributed by atoms with Gasteiger partial charge in [0.15, 0.2) is 6.61 Å². The molecule has 7 nitrogen and oxygen atoms in total. The average Bonchev–Trinajstić information content (AvgIpc) is 3.05. The summed E-state index contributed by atoms with van der Waals surface area (Å²) in [5.41, 5.74) is 2.81. The van der Waals surface area contributed by atoms with Gasteiger partial charge in [-0.1, -0.05) is 12.1 Å². The second-order valence-electron chi connectivity index (χ2n) is 5.88. The van der Waals surface area contributed by atoms with E-state index in [0.717, 1.165) is 11.0 Å². The first-order valence-electron chi connectivity index (χ1n) is 7.92. The maximum Gasteiger partial charge on any atom is 0.262 e. The molecule has 7 heteroatoms. The van der Waals surface area contributed by atoms with Crippen LogP contribution in [0.2, 0.25) is 0 Å². The van der Waals surface area contributed by atoms with Gasteiger partial charge in [0.25, 0.3) is 11.8 Å². The number of nitrogens with zero attached hydrogens (tertiary/aromatic N) is 1. The first-order valence-corrected chi connectivity index (χ1v) is 7.92. The summed E-state index contributed by atoms with van der Waals surface area (Å²) < 4.78 is 5.35. The van der Waals surface area contributed by atoms with E-state index in [-0.39, 0.29) is 24.5 Å². The Balaban J connectivity index is 1.52. The van der Waals surface area contributed by atoms with E-state index < -0.39 is 0 Å². The van der Waals surface area contributed by atoms with Crippen molar-refractivity contribution in [3.63, 3.8) is 0 Å². The van der Waals surface area contributed by atoms with Crippen LogP contribution in [0.25, 0.3) is 11.0 Å². The van der Waals surface area contributed by atoms with E-state index in [4.69, 9.17) is 4.74 Å². The number of amides is 2. The van der Waals surface area contributed by atoms with Gasteiger partial charge < -0.3 is 20.4 Å². The van der Waals surface area contributed by atoms with E-state index >= 15 is 0 Å². The maximum absolute atomic E-state index is 12.5. The number of aromatic amines is 1. The molecule has 0 saturated carbocycles. The lowest BCUT2D eigenvalue weighted by Crippen LogP contribution is -2.28. The molecule has 1 aliphatic heterocycles. The molecule has 0 radical (unpaired) electrons. The third-order valence-corrected chi connectivity index (χ3v) is 4.04. The second kappa shape index (κ2) is 5.94. The Morgan fingerprint density at radius 1 is 1.28 bits per heavy atom. The summed E-state index contributed by atoms with van der Waals surface area (Å²) in [7, 11) is 0. The number of ether oxygens (including phenoxy) is 1. The van der Waals surface area contributed by atoms with Gasteiger partial charge in [0.05, 0.1) is 22.8 Å². The predicted octanol–water partition coefficient (Wildman–Crippen LogP) is 2.38. The fourth-order valence-corrected chi connectivity index (χ4v) is 2.74. The van der Waals surface area contributed by atoms with Crippen LogP contribution in [-0.4, -0.2) is 28.4 Å². The van der Waals surface area contributed by atoms with Crippen molar-refractivity contribution in [1.82, 2.24) is 15.3 Å². The number of para-hydroxylation sites is 2. The highest BCUT2D eigenvalue weighted by atomic mass is 16.5. The second-order valence-corrected chi connectivity index (χ2v) is 5.88. The lowest BCUT2D eigenvalue weighted by Gasteiger charge is -2.19. The van der Waals surface area contributed by atoms with Gasteiger partial charge >= 0.3 is 0 Å². The number of fused-ring (bicyclic) bond motifs is 2. The van der Waals surface area contributed by atoms with Crippen LogP contribution in [0.3, 0.4) is 0 Å². The molecular formula is C18H16N4O3. The maximum atomic E-state index is 12.5. The normalized spacial score (nSPS) is 14.4. The first-order chi connectivity index (χ1) is 12.1. The Labute approximate surface area is 143 Å². The Kier molecular flexibility index (Phi) is 3.61. The van der Waals surface area contributed by atoms with Gasteiger partial charge in [0, 0.05) is 5.56 Å². The summed E-state index contributed by atoms with van der Waals surface area (Å²) in [5.74, 6) is 0.735. The number of benzene rings is 2. The molecule has 3 aromatic rings. The van der Waals surface area contributed by atoms with Crippen molar-refractivity contribution in [1.29, 1.82) is 0 Å². The van der Waals surface area contributed by atoms with Crippen molar-refractivity contribution in [2.24, 2.45) is 0 Å². The molecule has 4 rings (SSSR count). The molecule has 25 heavy (non-hydrogen) atoms. The highest BCUT2D eigenvalue weighted by Crippen LogP contribution is 2.28. The van der Waals surface area contributed by atoms with Crippen molar-refractivity contribution in [3.05, 3.63) is 53.9 Å². The minimum Gasteiger partial charge on any atom is -0.482 e. The Hall–Kier alpha value is -3.35. The largest absolute Gasteiger partial charge is 0.482 e. The van der Waals surface area contributed by atoms with Crippen LogP contribution in [0.4, 0.5) is 5.69 Å². The number of nitrogens with one attached hydrogen (secondary N) is 3. The van der Waals surface area contributed by atoms with Crippen molar-refractivity contribution in [2.75, 3.05) is 11.9 Å². The van der Waals surface area contributed by atoms with Crippen molar-refractivity contribution >= 4 is 28.5 Å². The first kappa shape index (κ1) is 15.2. The SMILES string of the molecule is CC(NC(=O)c1ccc2c(c1)OCC(=O)N2)c1nc2ccccc2[nH]1. The number of hydrogen-bond acceptors (Lipinski definition) is 4. The van der Waals surface area contributed by atoms with Gasteiger partial charge in [-0.25, -0.2) is 4.98 Å². The number of anilines is 1. The Bertz CT molecular complexity index is 946. The Morgan fingerprint density at radius 2 is 2.12 bits per heavy atom. The highest BCUT2D eigenvalue weighted by Gasteiger charge is 2.19. The van der Waals surface area contributed by atoms with E-state index in [0.29, 0.717) is 22.8 Å². The summed E-state index contributed by atoms with van der Waals surface area (Å²) in [6.07, 6.45) is 0. The Morgan fingerprint density at radius 3 is 2.96 bits per heavy atom. The topological polar surface area (TPSA) is 96.1 Å². The summed E-state index contributed by atoms with van der Waals surface area (Å²) in [6.45, 7) is 1.82. The molecule has 0 fully saturated rings. The molecule has 0 bridgehead atoms. The van der Waals surface area contributed by atoms with Crippen LogP contribution in [0.15, 0.2) is 42.5 Å². The molecule has 1 aromatic heterocycles. The minimum atomic E-state index is -0.281. The number of rotatable bonds is 3. The van der Waals surface area contributed by atoms with Crippen molar-refractivity contribution < 1.29 is 14.3 Å². The van der Waals surface area contributed by atoms with Crippen LogP contribution >= 0.6 is 0 Å². The van der Waals surface area contributed by atoms with Gasteiger partial charge in [-0.2, -0.15) is 0 Å². The standard InChI is InChI=1S/C18H16N4O3/c1-10(17-21-12-4-2-3-5-13(12)22-17)19-18(24)11-6-7-14-15(8-11)25-9-16(23)20-14/h2-8,10H,9H2,1H3,(H,19,24)(H,20,23)(H,21,22). The van der Waals surface area contributed by atoms with Crippen LogP contribution in [0, 0.1) is 0 Å². The molecule has 1 atom stereocenters. The van der Waals surface area contributed by atoms with Crippen LogP contribution in [-0.2, 0) is 4.79 Å².